The van der Waals surface area contributed by atoms with Gasteiger partial charge in [-0.15, -0.1) is 0 Å². The molecular weight excluding hydrogens is 442 g/mol. The first-order valence-corrected chi connectivity index (χ1v) is 13.6. The second-order valence-electron chi connectivity index (χ2n) is 9.24. The van der Waals surface area contributed by atoms with Crippen LogP contribution in [0.3, 0.4) is 0 Å². The van der Waals surface area contributed by atoms with Crippen molar-refractivity contribution in [3.05, 3.63) is 102 Å². The number of amides is 1. The lowest BCUT2D eigenvalue weighted by atomic mass is 9.92. The molecule has 2 aromatic rings. The van der Waals surface area contributed by atoms with Crippen molar-refractivity contribution >= 4 is 5.91 Å². The van der Waals surface area contributed by atoms with E-state index in [1.165, 1.54) is 24.8 Å². The van der Waals surface area contributed by atoms with Crippen LogP contribution < -0.4 is 10.1 Å². The van der Waals surface area contributed by atoms with Gasteiger partial charge in [0.15, 0.2) is 0 Å². The smallest absolute Gasteiger partial charge is 0.223 e. The van der Waals surface area contributed by atoms with Crippen molar-refractivity contribution in [3.63, 3.8) is 0 Å². The van der Waals surface area contributed by atoms with Gasteiger partial charge in [-0.3, -0.25) is 4.79 Å². The standard InChI is InChI=1S/C33H45NO2/c1-3-4-5-6-7-8-9-10-11-12-13-14-15-19-24-31(26-29-21-17-16-18-22-29)33(35)34-28-30-23-20-25-32(27-30)36-2/h4-5,7-8,10-11,16-18,20-23,25,27,31H,3,6,9,12-15,19,24,26,28H2,1-2H3,(H,34,35)/b5-4-,8-7-,11-10-. The summed E-state index contributed by atoms with van der Waals surface area (Å²) >= 11 is 0. The van der Waals surface area contributed by atoms with Gasteiger partial charge in [-0.05, 0) is 68.2 Å². The molecule has 2 rings (SSSR count). The normalized spacial score (nSPS) is 12.5. The van der Waals surface area contributed by atoms with Crippen molar-refractivity contribution in [1.82, 2.24) is 5.32 Å². The number of hydrogen-bond donors (Lipinski definition) is 1. The van der Waals surface area contributed by atoms with E-state index in [1.54, 1.807) is 7.11 Å². The number of carbonyl (C=O) groups is 1. The van der Waals surface area contributed by atoms with Crippen LogP contribution in [0.1, 0.15) is 75.8 Å². The molecule has 36 heavy (non-hydrogen) atoms. The van der Waals surface area contributed by atoms with E-state index in [1.807, 2.05) is 42.5 Å². The van der Waals surface area contributed by atoms with E-state index in [9.17, 15) is 4.79 Å². The number of methoxy groups -OCH3 is 1. The Bertz CT molecular complexity index is 930. The van der Waals surface area contributed by atoms with Gasteiger partial charge in [-0.1, -0.05) is 105 Å². The van der Waals surface area contributed by atoms with Crippen LogP contribution >= 0.6 is 0 Å². The predicted octanol–water partition coefficient (Wildman–Crippen LogP) is 8.37. The Labute approximate surface area is 219 Å². The number of allylic oxidation sites excluding steroid dienone is 6. The molecule has 0 radical (unpaired) electrons. The largest absolute Gasteiger partial charge is 0.497 e. The molecular formula is C33H45NO2. The zero-order valence-corrected chi connectivity index (χ0v) is 22.3. The fraction of sp³-hybridized carbons (Fsp3) is 0.424. The minimum Gasteiger partial charge on any atom is -0.497 e. The number of unbranched alkanes of at least 4 members (excludes halogenated alkanes) is 4. The molecule has 2 aromatic carbocycles. The second-order valence-corrected chi connectivity index (χ2v) is 9.24. The zero-order valence-electron chi connectivity index (χ0n) is 22.3. The predicted molar refractivity (Wildman–Crippen MR) is 153 cm³/mol. The number of benzene rings is 2. The summed E-state index contributed by atoms with van der Waals surface area (Å²) in [6.45, 7) is 2.69. The molecule has 0 saturated heterocycles. The van der Waals surface area contributed by atoms with Crippen LogP contribution in [0, 0.1) is 5.92 Å². The van der Waals surface area contributed by atoms with Crippen LogP contribution in [0.5, 0.6) is 5.75 Å². The van der Waals surface area contributed by atoms with E-state index in [-0.39, 0.29) is 11.8 Å². The first-order valence-electron chi connectivity index (χ1n) is 13.6. The van der Waals surface area contributed by atoms with Crippen LogP contribution in [-0.2, 0) is 17.8 Å². The van der Waals surface area contributed by atoms with Gasteiger partial charge < -0.3 is 10.1 Å². The molecule has 3 heteroatoms. The highest BCUT2D eigenvalue weighted by Crippen LogP contribution is 2.18. The van der Waals surface area contributed by atoms with Crippen molar-refractivity contribution in [1.29, 1.82) is 0 Å². The lowest BCUT2D eigenvalue weighted by molar-refractivity contribution is -0.125. The quantitative estimate of drug-likeness (QED) is 0.169. The fourth-order valence-corrected chi connectivity index (χ4v) is 4.17. The van der Waals surface area contributed by atoms with E-state index in [0.29, 0.717) is 6.54 Å². The Hall–Kier alpha value is -3.07. The first-order chi connectivity index (χ1) is 17.7. The third-order valence-corrected chi connectivity index (χ3v) is 6.25. The molecule has 0 heterocycles. The lowest BCUT2D eigenvalue weighted by Gasteiger charge is -2.17. The van der Waals surface area contributed by atoms with Crippen LogP contribution in [0.4, 0.5) is 0 Å². The van der Waals surface area contributed by atoms with Crippen molar-refractivity contribution < 1.29 is 9.53 Å². The highest BCUT2D eigenvalue weighted by atomic mass is 16.5. The molecule has 0 aliphatic carbocycles. The van der Waals surface area contributed by atoms with Crippen LogP contribution in [-0.4, -0.2) is 13.0 Å². The summed E-state index contributed by atoms with van der Waals surface area (Å²) in [5, 5.41) is 3.16. The third kappa shape index (κ3) is 13.1. The van der Waals surface area contributed by atoms with Crippen molar-refractivity contribution in [2.24, 2.45) is 5.92 Å². The summed E-state index contributed by atoms with van der Waals surface area (Å²) in [6, 6.07) is 18.2. The summed E-state index contributed by atoms with van der Waals surface area (Å²) in [5.74, 6) is 0.952. The molecule has 1 atom stereocenters. The summed E-state index contributed by atoms with van der Waals surface area (Å²) in [7, 11) is 1.66. The van der Waals surface area contributed by atoms with Crippen LogP contribution in [0.15, 0.2) is 91.1 Å². The molecule has 1 amide bonds. The number of nitrogens with one attached hydrogen (secondary N) is 1. The van der Waals surface area contributed by atoms with Crippen molar-refractivity contribution in [2.75, 3.05) is 7.11 Å². The molecule has 0 aliphatic heterocycles. The van der Waals surface area contributed by atoms with Gasteiger partial charge >= 0.3 is 0 Å². The molecule has 3 nitrogen and oxygen atoms in total. The van der Waals surface area contributed by atoms with E-state index in [2.05, 4.69) is 60.8 Å². The van der Waals surface area contributed by atoms with Crippen LogP contribution in [0.2, 0.25) is 0 Å². The Balaban J connectivity index is 1.70. The maximum atomic E-state index is 13.1. The summed E-state index contributed by atoms with van der Waals surface area (Å²) in [5.41, 5.74) is 2.28. The van der Waals surface area contributed by atoms with Gasteiger partial charge in [0.25, 0.3) is 0 Å². The molecule has 194 valence electrons. The minimum absolute atomic E-state index is 0.00291. The van der Waals surface area contributed by atoms with Gasteiger partial charge in [0.2, 0.25) is 5.91 Å². The maximum Gasteiger partial charge on any atom is 0.223 e. The number of rotatable bonds is 18. The summed E-state index contributed by atoms with van der Waals surface area (Å²) < 4.78 is 5.30. The molecule has 0 aliphatic rings. The molecule has 0 saturated carbocycles. The summed E-state index contributed by atoms with van der Waals surface area (Å²) in [6.07, 6.45) is 24.2. The van der Waals surface area contributed by atoms with Crippen molar-refractivity contribution in [2.45, 2.75) is 77.7 Å². The Kier molecular flexibility index (Phi) is 15.5. The molecule has 0 aromatic heterocycles. The SMILES string of the molecule is CC/C=C\C/C=C\C/C=C\CCCCCCC(Cc1ccccc1)C(=O)NCc1cccc(OC)c1. The third-order valence-electron chi connectivity index (χ3n) is 6.25. The van der Waals surface area contributed by atoms with E-state index in [4.69, 9.17) is 4.74 Å². The van der Waals surface area contributed by atoms with Gasteiger partial charge in [-0.25, -0.2) is 0 Å². The molecule has 1 unspecified atom stereocenters. The lowest BCUT2D eigenvalue weighted by Crippen LogP contribution is -2.31. The molecule has 1 N–H and O–H groups in total. The maximum absolute atomic E-state index is 13.1. The average Bonchev–Trinajstić information content (AvgIpc) is 2.92. The summed E-state index contributed by atoms with van der Waals surface area (Å²) in [4.78, 5) is 13.1. The van der Waals surface area contributed by atoms with Crippen LogP contribution in [0.25, 0.3) is 0 Å². The monoisotopic (exact) mass is 487 g/mol. The minimum atomic E-state index is -0.00291. The Morgan fingerprint density at radius 1 is 0.833 bits per heavy atom. The highest BCUT2D eigenvalue weighted by Gasteiger charge is 2.18. The van der Waals surface area contributed by atoms with E-state index >= 15 is 0 Å². The average molecular weight is 488 g/mol. The topological polar surface area (TPSA) is 38.3 Å². The Morgan fingerprint density at radius 2 is 1.53 bits per heavy atom. The zero-order chi connectivity index (χ0) is 25.7. The second kappa shape index (κ2) is 19.2. The first kappa shape index (κ1) is 29.2. The van der Waals surface area contributed by atoms with Gasteiger partial charge in [0.1, 0.15) is 5.75 Å². The van der Waals surface area contributed by atoms with Gasteiger partial charge in [-0.2, -0.15) is 0 Å². The number of hydrogen-bond acceptors (Lipinski definition) is 2. The molecule has 0 fully saturated rings. The van der Waals surface area contributed by atoms with E-state index in [0.717, 1.165) is 56.3 Å². The number of ether oxygens (including phenoxy) is 1. The Morgan fingerprint density at radius 3 is 2.28 bits per heavy atom. The highest BCUT2D eigenvalue weighted by molar-refractivity contribution is 5.79. The van der Waals surface area contributed by atoms with E-state index < -0.39 is 0 Å². The van der Waals surface area contributed by atoms with Gasteiger partial charge in [0, 0.05) is 12.5 Å². The molecule has 0 bridgehead atoms. The van der Waals surface area contributed by atoms with Gasteiger partial charge in [0.05, 0.1) is 7.11 Å². The van der Waals surface area contributed by atoms with Crippen molar-refractivity contribution in [3.8, 4) is 5.75 Å². The number of carbonyl (C=O) groups excluding carboxylic acids is 1. The molecule has 0 spiro atoms. The fourth-order valence-electron chi connectivity index (χ4n) is 4.17.